The molecular weight excluding hydrogens is 312 g/mol. The predicted octanol–water partition coefficient (Wildman–Crippen LogP) is 2.65. The number of H-pyrrole nitrogens is 1. The third kappa shape index (κ3) is 5.27. The number of aromatic nitrogens is 1. The molecule has 0 aliphatic heterocycles. The monoisotopic (exact) mass is 336 g/mol. The van der Waals surface area contributed by atoms with Crippen molar-refractivity contribution in [2.24, 2.45) is 5.73 Å². The van der Waals surface area contributed by atoms with Crippen molar-refractivity contribution in [2.75, 3.05) is 6.61 Å². The van der Waals surface area contributed by atoms with Gasteiger partial charge in [-0.1, -0.05) is 18.2 Å². The van der Waals surface area contributed by atoms with Crippen LogP contribution in [0, 0.1) is 0 Å². The van der Waals surface area contributed by atoms with Crippen LogP contribution in [0.3, 0.4) is 0 Å². The van der Waals surface area contributed by atoms with E-state index in [-0.39, 0.29) is 12.7 Å². The number of nitrogens with one attached hydrogen (secondary N) is 1. The molecule has 0 aliphatic carbocycles. The molecule has 1 aromatic carbocycles. The molecule has 1 aromatic heterocycles. The van der Waals surface area contributed by atoms with Crippen molar-refractivity contribution in [1.29, 1.82) is 0 Å². The minimum atomic E-state index is -0.703. The normalized spacial score (nSPS) is 14.7. The molecule has 0 amide bonds. The summed E-state index contributed by atoms with van der Waals surface area (Å²) in [4.78, 5) is 14.6. The Morgan fingerprint density at radius 2 is 2.09 bits per heavy atom. The van der Waals surface area contributed by atoms with Gasteiger partial charge in [0.1, 0.15) is 17.6 Å². The number of thiol groups is 1. The van der Waals surface area contributed by atoms with Crippen LogP contribution in [0.5, 0.6) is 0 Å². The van der Waals surface area contributed by atoms with E-state index in [1.807, 2.05) is 51.2 Å². The molecular formula is C17H24N2O3S. The number of aromatic amines is 1. The highest BCUT2D eigenvalue weighted by Gasteiger charge is 2.21. The van der Waals surface area contributed by atoms with Crippen LogP contribution in [0.4, 0.5) is 0 Å². The number of fused-ring (bicyclic) bond motifs is 1. The quantitative estimate of drug-likeness (QED) is 0.413. The molecule has 0 spiro atoms. The molecule has 5 nitrogen and oxygen atoms in total. The van der Waals surface area contributed by atoms with E-state index in [9.17, 15) is 4.79 Å². The second-order valence-electron chi connectivity index (χ2n) is 6.18. The standard InChI is InChI=1S/C17H24N2O3S/c1-11(22-17(2,3)23)10-21-16(20)14(18)8-12-9-19-15-7-5-4-6-13(12)15/h4-7,9,11,14,19,23H,8,10,18H2,1-3H3. The molecule has 2 rings (SSSR count). The van der Waals surface area contributed by atoms with Gasteiger partial charge in [0.05, 0.1) is 6.10 Å². The minimum Gasteiger partial charge on any atom is -0.462 e. The fourth-order valence-electron chi connectivity index (χ4n) is 2.45. The van der Waals surface area contributed by atoms with E-state index >= 15 is 0 Å². The first-order valence-corrected chi connectivity index (χ1v) is 8.08. The first kappa shape index (κ1) is 17.8. The fourth-order valence-corrected chi connectivity index (χ4v) is 2.63. The second kappa shape index (κ2) is 7.38. The Morgan fingerprint density at radius 1 is 1.39 bits per heavy atom. The number of hydrogen-bond acceptors (Lipinski definition) is 5. The van der Waals surface area contributed by atoms with Gasteiger partial charge < -0.3 is 20.2 Å². The van der Waals surface area contributed by atoms with E-state index in [0.29, 0.717) is 6.42 Å². The summed E-state index contributed by atoms with van der Waals surface area (Å²) in [5.41, 5.74) is 8.00. The van der Waals surface area contributed by atoms with E-state index in [4.69, 9.17) is 15.2 Å². The Hall–Kier alpha value is -1.50. The van der Waals surface area contributed by atoms with Gasteiger partial charge in [0, 0.05) is 23.5 Å². The summed E-state index contributed by atoms with van der Waals surface area (Å²) >= 11 is 4.28. The Balaban J connectivity index is 1.88. The molecule has 0 saturated heterocycles. The molecule has 1 heterocycles. The lowest BCUT2D eigenvalue weighted by molar-refractivity contribution is -0.150. The van der Waals surface area contributed by atoms with Crippen LogP contribution in [0.1, 0.15) is 26.3 Å². The van der Waals surface area contributed by atoms with Crippen LogP contribution in [-0.2, 0) is 20.7 Å². The molecule has 0 radical (unpaired) electrons. The average Bonchev–Trinajstić information content (AvgIpc) is 2.86. The second-order valence-corrected chi connectivity index (χ2v) is 7.25. The SMILES string of the molecule is CC(COC(=O)C(N)Cc1c[nH]c2ccccc12)OC(C)(C)S. The van der Waals surface area contributed by atoms with Gasteiger partial charge in [-0.05, 0) is 32.4 Å². The lowest BCUT2D eigenvalue weighted by Gasteiger charge is -2.24. The Labute approximate surface area is 141 Å². The van der Waals surface area contributed by atoms with Crippen LogP contribution in [-0.4, -0.2) is 34.6 Å². The predicted molar refractivity (Wildman–Crippen MR) is 94.5 cm³/mol. The maximum atomic E-state index is 12.0. The molecule has 2 unspecified atom stereocenters. The maximum Gasteiger partial charge on any atom is 0.323 e. The fraction of sp³-hybridized carbons (Fsp3) is 0.471. The highest BCUT2D eigenvalue weighted by molar-refractivity contribution is 7.81. The largest absolute Gasteiger partial charge is 0.462 e. The number of para-hydroxylation sites is 1. The number of nitrogens with two attached hydrogens (primary N) is 1. The molecule has 0 saturated carbocycles. The summed E-state index contributed by atoms with van der Waals surface area (Å²) < 4.78 is 10.8. The number of ether oxygens (including phenoxy) is 2. The highest BCUT2D eigenvalue weighted by Crippen LogP contribution is 2.19. The van der Waals surface area contributed by atoms with Gasteiger partial charge >= 0.3 is 5.97 Å². The van der Waals surface area contributed by atoms with Crippen molar-refractivity contribution in [1.82, 2.24) is 4.98 Å². The van der Waals surface area contributed by atoms with E-state index < -0.39 is 16.9 Å². The van der Waals surface area contributed by atoms with Crippen LogP contribution in [0.2, 0.25) is 0 Å². The molecule has 0 bridgehead atoms. The van der Waals surface area contributed by atoms with E-state index in [1.54, 1.807) is 0 Å². The Kier molecular flexibility index (Phi) is 5.73. The minimum absolute atomic E-state index is 0.157. The van der Waals surface area contributed by atoms with Gasteiger partial charge in [-0.2, -0.15) is 0 Å². The van der Waals surface area contributed by atoms with Crippen molar-refractivity contribution in [2.45, 2.75) is 44.3 Å². The molecule has 126 valence electrons. The molecule has 6 heteroatoms. The average molecular weight is 336 g/mol. The molecule has 2 aromatic rings. The molecule has 0 aliphatic rings. The van der Waals surface area contributed by atoms with Crippen molar-refractivity contribution >= 4 is 29.5 Å². The summed E-state index contributed by atoms with van der Waals surface area (Å²) in [6, 6.07) is 7.21. The highest BCUT2D eigenvalue weighted by atomic mass is 32.1. The summed E-state index contributed by atoms with van der Waals surface area (Å²) in [5, 5.41) is 1.07. The molecule has 0 fully saturated rings. The molecule has 2 atom stereocenters. The lowest BCUT2D eigenvalue weighted by atomic mass is 10.1. The van der Waals surface area contributed by atoms with Crippen LogP contribution in [0.15, 0.2) is 30.5 Å². The van der Waals surface area contributed by atoms with Gasteiger partial charge in [0.2, 0.25) is 0 Å². The van der Waals surface area contributed by atoms with Crippen LogP contribution in [0.25, 0.3) is 10.9 Å². The molecule has 23 heavy (non-hydrogen) atoms. The third-order valence-corrected chi connectivity index (χ3v) is 3.47. The first-order valence-electron chi connectivity index (χ1n) is 7.63. The zero-order valence-electron chi connectivity index (χ0n) is 13.7. The summed E-state index contributed by atoms with van der Waals surface area (Å²) in [7, 11) is 0. The Bertz CT molecular complexity index is 663. The van der Waals surface area contributed by atoms with Crippen LogP contribution < -0.4 is 5.73 Å². The summed E-state index contributed by atoms with van der Waals surface area (Å²) in [5.74, 6) is -0.428. The number of benzene rings is 1. The lowest BCUT2D eigenvalue weighted by Crippen LogP contribution is -2.36. The van der Waals surface area contributed by atoms with Gasteiger partial charge in [-0.3, -0.25) is 4.79 Å². The summed E-state index contributed by atoms with van der Waals surface area (Å²) in [6.45, 7) is 5.65. The molecule has 3 N–H and O–H groups in total. The Morgan fingerprint density at radius 3 is 2.78 bits per heavy atom. The number of carbonyl (C=O) groups excluding carboxylic acids is 1. The van der Waals surface area contributed by atoms with Crippen molar-refractivity contribution in [3.8, 4) is 0 Å². The number of hydrogen-bond donors (Lipinski definition) is 3. The smallest absolute Gasteiger partial charge is 0.323 e. The number of carbonyl (C=O) groups is 1. The maximum absolute atomic E-state index is 12.0. The number of rotatable bonds is 7. The van der Waals surface area contributed by atoms with E-state index in [2.05, 4.69) is 17.6 Å². The summed E-state index contributed by atoms with van der Waals surface area (Å²) in [6.07, 6.45) is 2.06. The first-order chi connectivity index (χ1) is 10.8. The van der Waals surface area contributed by atoms with Crippen LogP contribution >= 0.6 is 12.6 Å². The van der Waals surface area contributed by atoms with Gasteiger partial charge in [-0.25, -0.2) is 0 Å². The van der Waals surface area contributed by atoms with Gasteiger partial charge in [0.15, 0.2) is 0 Å². The van der Waals surface area contributed by atoms with Crippen molar-refractivity contribution in [3.63, 3.8) is 0 Å². The zero-order chi connectivity index (χ0) is 17.0. The third-order valence-electron chi connectivity index (χ3n) is 3.37. The van der Waals surface area contributed by atoms with E-state index in [0.717, 1.165) is 16.5 Å². The van der Waals surface area contributed by atoms with Crippen molar-refractivity contribution < 1.29 is 14.3 Å². The van der Waals surface area contributed by atoms with Gasteiger partial charge in [0.25, 0.3) is 0 Å². The van der Waals surface area contributed by atoms with Gasteiger partial charge in [-0.15, -0.1) is 12.6 Å². The van der Waals surface area contributed by atoms with Crippen molar-refractivity contribution in [3.05, 3.63) is 36.0 Å². The zero-order valence-corrected chi connectivity index (χ0v) is 14.6. The topological polar surface area (TPSA) is 77.3 Å². The van der Waals surface area contributed by atoms with E-state index in [1.165, 1.54) is 0 Å². The number of esters is 1.